The maximum atomic E-state index is 11.6. The number of halogens is 1. The van der Waals surface area contributed by atoms with Crippen LogP contribution < -0.4 is 10.6 Å². The first-order valence-corrected chi connectivity index (χ1v) is 9.05. The minimum atomic E-state index is 0. The molecular formula is C15H31IN4OS. The minimum absolute atomic E-state index is 0. The molecule has 130 valence electrons. The molecule has 22 heavy (non-hydrogen) atoms. The van der Waals surface area contributed by atoms with Gasteiger partial charge in [-0.3, -0.25) is 9.79 Å². The van der Waals surface area contributed by atoms with Gasteiger partial charge in [0.15, 0.2) is 5.96 Å². The van der Waals surface area contributed by atoms with Crippen LogP contribution in [-0.2, 0) is 4.79 Å². The molecule has 1 rings (SSSR count). The Kier molecular flexibility index (Phi) is 12.2. The van der Waals surface area contributed by atoms with Crippen LogP contribution in [-0.4, -0.2) is 60.0 Å². The number of hydrogen-bond acceptors (Lipinski definition) is 3. The predicted octanol–water partition coefficient (Wildman–Crippen LogP) is 2.31. The lowest BCUT2D eigenvalue weighted by Crippen LogP contribution is -2.48. The van der Waals surface area contributed by atoms with Gasteiger partial charge < -0.3 is 15.5 Å². The molecule has 0 radical (unpaired) electrons. The third-order valence-electron chi connectivity index (χ3n) is 3.28. The molecule has 7 heteroatoms. The van der Waals surface area contributed by atoms with E-state index < -0.39 is 0 Å². The summed E-state index contributed by atoms with van der Waals surface area (Å²) in [6, 6.07) is 0.194. The standard InChI is InChI=1S/C15H30N4OS.HI/c1-5-13-11-19(9-10-21-13)15(16-6-2)17-8-7-14(20)18-12(3)4;/h12-13H,5-11H2,1-4H3,(H,16,17)(H,18,20);1H. The van der Waals surface area contributed by atoms with Crippen molar-refractivity contribution in [3.8, 4) is 0 Å². The molecule has 1 fully saturated rings. The van der Waals surface area contributed by atoms with Gasteiger partial charge in [0, 0.05) is 43.1 Å². The molecule has 1 aliphatic heterocycles. The summed E-state index contributed by atoms with van der Waals surface area (Å²) < 4.78 is 0. The molecule has 1 atom stereocenters. The molecule has 0 aliphatic carbocycles. The van der Waals surface area contributed by atoms with Gasteiger partial charge in [-0.1, -0.05) is 6.92 Å². The third-order valence-corrected chi connectivity index (χ3v) is 4.65. The second-order valence-electron chi connectivity index (χ2n) is 5.55. The number of carbonyl (C=O) groups excluding carboxylic acids is 1. The smallest absolute Gasteiger partial charge is 0.222 e. The highest BCUT2D eigenvalue weighted by molar-refractivity contribution is 14.0. The number of aliphatic imine (C=N–C) groups is 1. The van der Waals surface area contributed by atoms with E-state index >= 15 is 0 Å². The number of amides is 1. The maximum Gasteiger partial charge on any atom is 0.222 e. The molecule has 0 saturated carbocycles. The van der Waals surface area contributed by atoms with E-state index in [4.69, 9.17) is 0 Å². The summed E-state index contributed by atoms with van der Waals surface area (Å²) in [6.45, 7) is 11.7. The number of thioether (sulfide) groups is 1. The summed E-state index contributed by atoms with van der Waals surface area (Å²) in [5, 5.41) is 6.93. The number of rotatable bonds is 6. The molecule has 1 amide bonds. The molecule has 5 nitrogen and oxygen atoms in total. The minimum Gasteiger partial charge on any atom is -0.357 e. The van der Waals surface area contributed by atoms with Gasteiger partial charge in [0.25, 0.3) is 0 Å². The van der Waals surface area contributed by atoms with Crippen LogP contribution in [0, 0.1) is 0 Å². The number of guanidine groups is 1. The molecule has 0 aromatic heterocycles. The fourth-order valence-electron chi connectivity index (χ4n) is 2.24. The van der Waals surface area contributed by atoms with Crippen LogP contribution in [0.1, 0.15) is 40.5 Å². The molecule has 1 saturated heterocycles. The van der Waals surface area contributed by atoms with E-state index in [2.05, 4.69) is 34.4 Å². The van der Waals surface area contributed by atoms with Crippen molar-refractivity contribution < 1.29 is 4.79 Å². The van der Waals surface area contributed by atoms with Crippen molar-refractivity contribution in [2.75, 3.05) is 31.9 Å². The SMILES string of the molecule is CCNC(=NCCC(=O)NC(C)C)N1CCSC(CC)C1.I. The van der Waals surface area contributed by atoms with Crippen molar-refractivity contribution >= 4 is 47.6 Å². The van der Waals surface area contributed by atoms with E-state index in [-0.39, 0.29) is 35.9 Å². The van der Waals surface area contributed by atoms with Gasteiger partial charge in [-0.05, 0) is 27.2 Å². The Hall–Kier alpha value is -0.180. The molecule has 0 bridgehead atoms. The summed E-state index contributed by atoms with van der Waals surface area (Å²) in [6.07, 6.45) is 1.64. The third kappa shape index (κ3) is 8.45. The average Bonchev–Trinajstić information content (AvgIpc) is 2.45. The van der Waals surface area contributed by atoms with Crippen LogP contribution in [0.4, 0.5) is 0 Å². The molecule has 2 N–H and O–H groups in total. The predicted molar refractivity (Wildman–Crippen MR) is 107 cm³/mol. The molecule has 1 aliphatic rings. The van der Waals surface area contributed by atoms with E-state index in [9.17, 15) is 4.79 Å². The Morgan fingerprint density at radius 1 is 1.41 bits per heavy atom. The van der Waals surface area contributed by atoms with Crippen molar-refractivity contribution in [2.24, 2.45) is 4.99 Å². The monoisotopic (exact) mass is 442 g/mol. The Bertz CT molecular complexity index is 352. The first-order chi connectivity index (χ1) is 10.1. The van der Waals surface area contributed by atoms with Gasteiger partial charge in [0.1, 0.15) is 0 Å². The first-order valence-electron chi connectivity index (χ1n) is 8.01. The molecule has 0 aromatic carbocycles. The Morgan fingerprint density at radius 3 is 2.73 bits per heavy atom. The van der Waals surface area contributed by atoms with Crippen LogP contribution in [0.15, 0.2) is 4.99 Å². The second-order valence-corrected chi connectivity index (χ2v) is 6.96. The summed E-state index contributed by atoms with van der Waals surface area (Å²) in [4.78, 5) is 18.6. The van der Waals surface area contributed by atoms with E-state index in [0.717, 1.165) is 31.3 Å². The summed E-state index contributed by atoms with van der Waals surface area (Å²) >= 11 is 2.05. The lowest BCUT2D eigenvalue weighted by Gasteiger charge is -2.34. The first kappa shape index (κ1) is 21.8. The van der Waals surface area contributed by atoms with Gasteiger partial charge in [0.05, 0.1) is 6.54 Å². The van der Waals surface area contributed by atoms with Crippen molar-refractivity contribution in [3.63, 3.8) is 0 Å². The van der Waals surface area contributed by atoms with Crippen LogP contribution in [0.5, 0.6) is 0 Å². The van der Waals surface area contributed by atoms with Crippen LogP contribution >= 0.6 is 35.7 Å². The van der Waals surface area contributed by atoms with Gasteiger partial charge in [0.2, 0.25) is 5.91 Å². The van der Waals surface area contributed by atoms with Crippen molar-refractivity contribution in [1.29, 1.82) is 0 Å². The molecule has 0 aromatic rings. The maximum absolute atomic E-state index is 11.6. The molecule has 1 unspecified atom stereocenters. The fourth-order valence-corrected chi connectivity index (χ4v) is 3.42. The Morgan fingerprint density at radius 2 is 2.14 bits per heavy atom. The quantitative estimate of drug-likeness (QED) is 0.377. The van der Waals surface area contributed by atoms with Gasteiger partial charge in [-0.2, -0.15) is 11.8 Å². The van der Waals surface area contributed by atoms with Crippen molar-refractivity contribution in [3.05, 3.63) is 0 Å². The molecule has 1 heterocycles. The second kappa shape index (κ2) is 12.3. The summed E-state index contributed by atoms with van der Waals surface area (Å²) in [5.74, 6) is 2.18. The van der Waals surface area contributed by atoms with Gasteiger partial charge >= 0.3 is 0 Å². The van der Waals surface area contributed by atoms with Gasteiger partial charge in [-0.15, -0.1) is 24.0 Å². The van der Waals surface area contributed by atoms with Crippen LogP contribution in [0.25, 0.3) is 0 Å². The average molecular weight is 442 g/mol. The van der Waals surface area contributed by atoms with Crippen LogP contribution in [0.2, 0.25) is 0 Å². The van der Waals surface area contributed by atoms with Crippen molar-refractivity contribution in [2.45, 2.75) is 51.8 Å². The summed E-state index contributed by atoms with van der Waals surface area (Å²) in [7, 11) is 0. The van der Waals surface area contributed by atoms with E-state index in [1.165, 1.54) is 6.42 Å². The number of carbonyl (C=O) groups is 1. The van der Waals surface area contributed by atoms with E-state index in [0.29, 0.717) is 18.2 Å². The Labute approximate surface area is 156 Å². The van der Waals surface area contributed by atoms with E-state index in [1.807, 2.05) is 25.6 Å². The highest BCUT2D eigenvalue weighted by atomic mass is 127. The normalized spacial score (nSPS) is 18.9. The van der Waals surface area contributed by atoms with Gasteiger partial charge in [-0.25, -0.2) is 0 Å². The zero-order chi connectivity index (χ0) is 15.7. The van der Waals surface area contributed by atoms with Crippen molar-refractivity contribution in [1.82, 2.24) is 15.5 Å². The zero-order valence-electron chi connectivity index (χ0n) is 14.2. The Balaban J connectivity index is 0.00000441. The lowest BCUT2D eigenvalue weighted by atomic mass is 10.3. The number of nitrogens with one attached hydrogen (secondary N) is 2. The highest BCUT2D eigenvalue weighted by Gasteiger charge is 2.21. The fraction of sp³-hybridized carbons (Fsp3) is 0.867. The highest BCUT2D eigenvalue weighted by Crippen LogP contribution is 2.20. The molecule has 0 spiro atoms. The largest absolute Gasteiger partial charge is 0.357 e. The molecular weight excluding hydrogens is 411 g/mol. The van der Waals surface area contributed by atoms with Crippen LogP contribution in [0.3, 0.4) is 0 Å². The number of hydrogen-bond donors (Lipinski definition) is 2. The number of nitrogens with zero attached hydrogens (tertiary/aromatic N) is 2. The lowest BCUT2D eigenvalue weighted by molar-refractivity contribution is -0.121. The summed E-state index contributed by atoms with van der Waals surface area (Å²) in [5.41, 5.74) is 0. The zero-order valence-corrected chi connectivity index (χ0v) is 17.4. The van der Waals surface area contributed by atoms with E-state index in [1.54, 1.807) is 0 Å². The topological polar surface area (TPSA) is 56.7 Å².